The first-order valence-corrected chi connectivity index (χ1v) is 6.35. The molecule has 3 nitrogen and oxygen atoms in total. The lowest BCUT2D eigenvalue weighted by atomic mass is 10.1. The summed E-state index contributed by atoms with van der Waals surface area (Å²) < 4.78 is 0. The first kappa shape index (κ1) is 13.7. The number of carbonyl (C=O) groups excluding carboxylic acids is 1. The molecule has 0 bridgehead atoms. The van der Waals surface area contributed by atoms with Crippen molar-refractivity contribution in [2.45, 2.75) is 6.92 Å². The zero-order chi connectivity index (χ0) is 14.0. The van der Waals surface area contributed by atoms with E-state index in [1.165, 1.54) is 0 Å². The second-order valence-electron chi connectivity index (χ2n) is 4.17. The third-order valence-electron chi connectivity index (χ3n) is 2.63. The minimum atomic E-state index is -0.278. The maximum atomic E-state index is 12.1. The van der Waals surface area contributed by atoms with Crippen molar-refractivity contribution in [3.8, 4) is 0 Å². The summed E-state index contributed by atoms with van der Waals surface area (Å²) in [4.78, 5) is 12.1. The quantitative estimate of drug-likeness (QED) is 0.818. The average molecular weight is 295 g/mol. The number of rotatable bonds is 2. The number of hydrogen-bond acceptors (Lipinski definition) is 2. The standard InChI is InChI=1S/C14H12Cl2N2O/c1-8-2-5-13(17)10(6-8)14(19)18-9-3-4-11(15)12(16)7-9/h2-7H,17H2,1H3,(H,18,19). The predicted octanol–water partition coefficient (Wildman–Crippen LogP) is 4.14. The van der Waals surface area contributed by atoms with Crippen LogP contribution in [0.2, 0.25) is 10.0 Å². The Morgan fingerprint density at radius 3 is 2.53 bits per heavy atom. The van der Waals surface area contributed by atoms with Crippen LogP contribution < -0.4 is 11.1 Å². The monoisotopic (exact) mass is 294 g/mol. The number of anilines is 2. The Kier molecular flexibility index (Phi) is 3.98. The second-order valence-corrected chi connectivity index (χ2v) is 4.99. The average Bonchev–Trinajstić information content (AvgIpc) is 2.36. The number of hydrogen-bond donors (Lipinski definition) is 2. The van der Waals surface area contributed by atoms with Crippen molar-refractivity contribution >= 4 is 40.5 Å². The van der Waals surface area contributed by atoms with Crippen molar-refractivity contribution in [3.63, 3.8) is 0 Å². The number of benzene rings is 2. The number of carbonyl (C=O) groups is 1. The maximum Gasteiger partial charge on any atom is 0.257 e. The van der Waals surface area contributed by atoms with Crippen LogP contribution in [0.3, 0.4) is 0 Å². The van der Waals surface area contributed by atoms with Crippen LogP contribution in [0.1, 0.15) is 15.9 Å². The molecule has 98 valence electrons. The van der Waals surface area contributed by atoms with Gasteiger partial charge in [-0.2, -0.15) is 0 Å². The van der Waals surface area contributed by atoms with Gasteiger partial charge < -0.3 is 11.1 Å². The van der Waals surface area contributed by atoms with E-state index in [0.29, 0.717) is 27.0 Å². The molecule has 3 N–H and O–H groups in total. The third kappa shape index (κ3) is 3.19. The van der Waals surface area contributed by atoms with E-state index in [2.05, 4.69) is 5.32 Å². The summed E-state index contributed by atoms with van der Waals surface area (Å²) in [6.07, 6.45) is 0. The van der Waals surface area contributed by atoms with Gasteiger partial charge >= 0.3 is 0 Å². The van der Waals surface area contributed by atoms with Gasteiger partial charge in [0, 0.05) is 11.4 Å². The number of nitrogens with two attached hydrogens (primary N) is 1. The van der Waals surface area contributed by atoms with Crippen LogP contribution in [-0.4, -0.2) is 5.91 Å². The maximum absolute atomic E-state index is 12.1. The lowest BCUT2D eigenvalue weighted by Crippen LogP contribution is -2.14. The lowest BCUT2D eigenvalue weighted by molar-refractivity contribution is 0.102. The van der Waals surface area contributed by atoms with Crippen molar-refractivity contribution in [1.82, 2.24) is 0 Å². The van der Waals surface area contributed by atoms with Crippen LogP contribution >= 0.6 is 23.2 Å². The number of aryl methyl sites for hydroxylation is 1. The fraction of sp³-hybridized carbons (Fsp3) is 0.0714. The van der Waals surface area contributed by atoms with Crippen LogP contribution in [0, 0.1) is 6.92 Å². The summed E-state index contributed by atoms with van der Waals surface area (Å²) in [5.41, 5.74) is 8.20. The zero-order valence-corrected chi connectivity index (χ0v) is 11.7. The van der Waals surface area contributed by atoms with E-state index in [1.807, 2.05) is 13.0 Å². The summed E-state index contributed by atoms with van der Waals surface area (Å²) in [7, 11) is 0. The van der Waals surface area contributed by atoms with Crippen LogP contribution in [0.4, 0.5) is 11.4 Å². The van der Waals surface area contributed by atoms with E-state index in [4.69, 9.17) is 28.9 Å². The summed E-state index contributed by atoms with van der Waals surface area (Å²) in [6.45, 7) is 1.90. The van der Waals surface area contributed by atoms with Crippen LogP contribution in [0.5, 0.6) is 0 Å². The molecule has 1 amide bonds. The van der Waals surface area contributed by atoms with Gasteiger partial charge in [0.05, 0.1) is 15.6 Å². The Bertz CT molecular complexity index is 641. The Balaban J connectivity index is 2.25. The van der Waals surface area contributed by atoms with Gasteiger partial charge in [0.25, 0.3) is 5.91 Å². The van der Waals surface area contributed by atoms with E-state index < -0.39 is 0 Å². The van der Waals surface area contributed by atoms with E-state index in [9.17, 15) is 4.79 Å². The molecule has 0 saturated carbocycles. The number of nitrogen functional groups attached to an aromatic ring is 1. The highest BCUT2D eigenvalue weighted by molar-refractivity contribution is 6.42. The van der Waals surface area contributed by atoms with Crippen molar-refractivity contribution in [3.05, 3.63) is 57.6 Å². The van der Waals surface area contributed by atoms with Crippen LogP contribution in [0.15, 0.2) is 36.4 Å². The number of halogens is 2. The number of nitrogens with one attached hydrogen (secondary N) is 1. The van der Waals surface area contributed by atoms with Crippen molar-refractivity contribution in [1.29, 1.82) is 0 Å². The molecule has 19 heavy (non-hydrogen) atoms. The summed E-state index contributed by atoms with van der Waals surface area (Å²) in [5, 5.41) is 3.56. The van der Waals surface area contributed by atoms with Crippen molar-refractivity contribution in [2.75, 3.05) is 11.1 Å². The van der Waals surface area contributed by atoms with Gasteiger partial charge in [0.15, 0.2) is 0 Å². The fourth-order valence-electron chi connectivity index (χ4n) is 1.64. The van der Waals surface area contributed by atoms with Gasteiger partial charge in [-0.3, -0.25) is 4.79 Å². The molecule has 5 heteroatoms. The van der Waals surface area contributed by atoms with Gasteiger partial charge in [0.1, 0.15) is 0 Å². The van der Waals surface area contributed by atoms with Gasteiger partial charge in [-0.1, -0.05) is 34.8 Å². The largest absolute Gasteiger partial charge is 0.398 e. The fourth-order valence-corrected chi connectivity index (χ4v) is 1.94. The topological polar surface area (TPSA) is 55.1 Å². The van der Waals surface area contributed by atoms with E-state index in [0.717, 1.165) is 5.56 Å². The van der Waals surface area contributed by atoms with Gasteiger partial charge in [-0.25, -0.2) is 0 Å². The first-order chi connectivity index (χ1) is 8.97. The third-order valence-corrected chi connectivity index (χ3v) is 3.37. The van der Waals surface area contributed by atoms with E-state index in [-0.39, 0.29) is 5.91 Å². The van der Waals surface area contributed by atoms with E-state index in [1.54, 1.807) is 30.3 Å². The first-order valence-electron chi connectivity index (χ1n) is 5.60. The minimum absolute atomic E-state index is 0.278. The molecule has 0 aliphatic carbocycles. The Morgan fingerprint density at radius 1 is 1.11 bits per heavy atom. The van der Waals surface area contributed by atoms with Gasteiger partial charge in [0.2, 0.25) is 0 Å². The highest BCUT2D eigenvalue weighted by Gasteiger charge is 2.10. The molecule has 0 spiro atoms. The molecular formula is C14H12Cl2N2O. The minimum Gasteiger partial charge on any atom is -0.398 e. The lowest BCUT2D eigenvalue weighted by Gasteiger charge is -2.09. The van der Waals surface area contributed by atoms with Crippen molar-refractivity contribution in [2.24, 2.45) is 0 Å². The molecule has 0 aliphatic rings. The Hall–Kier alpha value is -1.71. The van der Waals surface area contributed by atoms with Crippen LogP contribution in [0.25, 0.3) is 0 Å². The zero-order valence-electron chi connectivity index (χ0n) is 10.2. The molecule has 0 heterocycles. The number of amides is 1. The molecule has 2 aromatic carbocycles. The molecule has 0 fully saturated rings. The van der Waals surface area contributed by atoms with Crippen molar-refractivity contribution < 1.29 is 4.79 Å². The summed E-state index contributed by atoms with van der Waals surface area (Å²) >= 11 is 11.7. The van der Waals surface area contributed by atoms with Gasteiger partial charge in [-0.15, -0.1) is 0 Å². The van der Waals surface area contributed by atoms with Gasteiger partial charge in [-0.05, 0) is 37.3 Å². The Labute approximate surface area is 121 Å². The molecule has 0 saturated heterocycles. The molecule has 0 radical (unpaired) electrons. The summed E-state index contributed by atoms with van der Waals surface area (Å²) in [6, 6.07) is 10.2. The molecule has 2 rings (SSSR count). The second kappa shape index (κ2) is 5.51. The molecule has 0 unspecified atom stereocenters. The smallest absolute Gasteiger partial charge is 0.257 e. The molecule has 0 atom stereocenters. The molecular weight excluding hydrogens is 283 g/mol. The normalized spacial score (nSPS) is 10.3. The van der Waals surface area contributed by atoms with Crippen LogP contribution in [-0.2, 0) is 0 Å². The Morgan fingerprint density at radius 2 is 1.84 bits per heavy atom. The molecule has 0 aromatic heterocycles. The van der Waals surface area contributed by atoms with E-state index >= 15 is 0 Å². The summed E-state index contributed by atoms with van der Waals surface area (Å²) in [5.74, 6) is -0.278. The molecule has 2 aromatic rings. The highest BCUT2D eigenvalue weighted by atomic mass is 35.5. The molecule has 0 aliphatic heterocycles. The predicted molar refractivity (Wildman–Crippen MR) is 80.0 cm³/mol. The highest BCUT2D eigenvalue weighted by Crippen LogP contribution is 2.25. The SMILES string of the molecule is Cc1ccc(N)c(C(=O)Nc2ccc(Cl)c(Cl)c2)c1.